The third-order valence-corrected chi connectivity index (χ3v) is 1.60. The fourth-order valence-corrected chi connectivity index (χ4v) is 0.881. The molecule has 0 radical (unpaired) electrons. The number of carbonyl (C=O) groups is 1. The van der Waals surface area contributed by atoms with Crippen LogP contribution in [0.3, 0.4) is 0 Å². The fourth-order valence-electron chi connectivity index (χ4n) is 0.881. The highest BCUT2D eigenvalue weighted by Gasteiger charge is 2.13. The van der Waals surface area contributed by atoms with Gasteiger partial charge in [0.15, 0.2) is 0 Å². The molecular weight excluding hydrogens is 206 g/mol. The van der Waals surface area contributed by atoms with Crippen molar-refractivity contribution in [2.75, 3.05) is 19.8 Å². The molecular formula is C12H25NO3. The Morgan fingerprint density at radius 3 is 1.94 bits per heavy atom. The predicted molar refractivity (Wildman–Crippen MR) is 64.4 cm³/mol. The van der Waals surface area contributed by atoms with Crippen LogP contribution in [0, 0.1) is 0 Å². The van der Waals surface area contributed by atoms with E-state index in [1.54, 1.807) is 0 Å². The summed E-state index contributed by atoms with van der Waals surface area (Å²) in [5.74, 6) is -0.104. The minimum atomic E-state index is -0.279. The van der Waals surface area contributed by atoms with E-state index >= 15 is 0 Å². The molecule has 16 heavy (non-hydrogen) atoms. The van der Waals surface area contributed by atoms with E-state index in [0.717, 1.165) is 0 Å². The number of amides is 1. The molecule has 0 saturated heterocycles. The number of nitrogens with one attached hydrogen (secondary N) is 1. The molecule has 0 saturated carbocycles. The van der Waals surface area contributed by atoms with Crippen LogP contribution in [0.1, 0.15) is 41.5 Å². The Morgan fingerprint density at radius 1 is 1.00 bits per heavy atom. The highest BCUT2D eigenvalue weighted by Crippen LogP contribution is 2.06. The highest BCUT2D eigenvalue weighted by atomic mass is 16.5. The molecule has 0 heterocycles. The topological polar surface area (TPSA) is 47.6 Å². The number of hydrogen-bond acceptors (Lipinski definition) is 3. The van der Waals surface area contributed by atoms with Gasteiger partial charge < -0.3 is 14.8 Å². The Hall–Kier alpha value is -0.610. The average molecular weight is 231 g/mol. The van der Waals surface area contributed by atoms with Crippen molar-refractivity contribution >= 4 is 5.91 Å². The molecule has 0 atom stereocenters. The first-order valence-corrected chi connectivity index (χ1v) is 5.65. The van der Waals surface area contributed by atoms with Gasteiger partial charge in [-0.25, -0.2) is 0 Å². The van der Waals surface area contributed by atoms with Gasteiger partial charge in [-0.2, -0.15) is 0 Å². The Bertz CT molecular complexity index is 213. The van der Waals surface area contributed by atoms with Crippen molar-refractivity contribution in [3.05, 3.63) is 0 Å². The molecule has 4 heteroatoms. The summed E-state index contributed by atoms with van der Waals surface area (Å²) in [4.78, 5) is 11.3. The molecule has 0 bridgehead atoms. The van der Waals surface area contributed by atoms with Crippen LogP contribution in [0.4, 0.5) is 0 Å². The molecule has 0 aromatic carbocycles. The van der Waals surface area contributed by atoms with Crippen LogP contribution in [0.2, 0.25) is 0 Å². The lowest BCUT2D eigenvalue weighted by atomic mass is 10.2. The second-order valence-corrected chi connectivity index (χ2v) is 5.71. The summed E-state index contributed by atoms with van der Waals surface area (Å²) in [5, 5.41) is 2.74. The maximum Gasteiger partial charge on any atom is 0.246 e. The van der Waals surface area contributed by atoms with Crippen molar-refractivity contribution in [2.24, 2.45) is 0 Å². The van der Waals surface area contributed by atoms with E-state index < -0.39 is 0 Å². The summed E-state index contributed by atoms with van der Waals surface area (Å²) in [6, 6.07) is 0. The van der Waals surface area contributed by atoms with E-state index in [1.807, 2.05) is 41.5 Å². The predicted octanol–water partition coefficient (Wildman–Crippen LogP) is 1.73. The number of rotatable bonds is 5. The van der Waals surface area contributed by atoms with Crippen LogP contribution in [0.25, 0.3) is 0 Å². The van der Waals surface area contributed by atoms with Gasteiger partial charge >= 0.3 is 0 Å². The molecule has 1 amide bonds. The third-order valence-electron chi connectivity index (χ3n) is 1.60. The molecule has 0 fully saturated rings. The number of hydrogen-bond donors (Lipinski definition) is 1. The van der Waals surface area contributed by atoms with Crippen molar-refractivity contribution in [3.8, 4) is 0 Å². The highest BCUT2D eigenvalue weighted by molar-refractivity contribution is 5.77. The van der Waals surface area contributed by atoms with Crippen LogP contribution in [-0.2, 0) is 14.3 Å². The average Bonchev–Trinajstić information content (AvgIpc) is 2.06. The van der Waals surface area contributed by atoms with Crippen molar-refractivity contribution in [1.82, 2.24) is 5.32 Å². The standard InChI is InChI=1S/C12H25NO3/c1-11(2,3)15-8-7-13-10(14)9-16-12(4,5)6/h7-9H2,1-6H3,(H,13,14). The van der Waals surface area contributed by atoms with Crippen LogP contribution in [-0.4, -0.2) is 36.9 Å². The van der Waals surface area contributed by atoms with Gasteiger partial charge in [-0.3, -0.25) is 4.79 Å². The summed E-state index contributed by atoms with van der Waals surface area (Å²) in [7, 11) is 0. The lowest BCUT2D eigenvalue weighted by Crippen LogP contribution is -2.35. The summed E-state index contributed by atoms with van der Waals surface area (Å²) >= 11 is 0. The molecule has 0 aromatic rings. The molecule has 0 spiro atoms. The SMILES string of the molecule is CC(C)(C)OCCNC(=O)COC(C)(C)C. The minimum Gasteiger partial charge on any atom is -0.374 e. The van der Waals surface area contributed by atoms with E-state index in [1.165, 1.54) is 0 Å². The van der Waals surface area contributed by atoms with Gasteiger partial charge in [-0.15, -0.1) is 0 Å². The maximum absolute atomic E-state index is 11.3. The molecule has 1 N–H and O–H groups in total. The second kappa shape index (κ2) is 6.21. The van der Waals surface area contributed by atoms with Gasteiger partial charge in [-0.05, 0) is 41.5 Å². The summed E-state index contributed by atoms with van der Waals surface area (Å²) in [5.41, 5.74) is -0.439. The van der Waals surface area contributed by atoms with Gasteiger partial charge in [0.1, 0.15) is 6.61 Å². The third kappa shape index (κ3) is 11.5. The van der Waals surface area contributed by atoms with E-state index in [0.29, 0.717) is 13.2 Å². The Kier molecular flexibility index (Phi) is 5.97. The molecule has 0 aliphatic heterocycles. The van der Waals surface area contributed by atoms with Crippen molar-refractivity contribution in [3.63, 3.8) is 0 Å². The van der Waals surface area contributed by atoms with E-state index in [2.05, 4.69) is 5.32 Å². The Balaban J connectivity index is 3.52. The summed E-state index contributed by atoms with van der Waals surface area (Å²) < 4.78 is 10.8. The Labute approximate surface area is 98.7 Å². The monoisotopic (exact) mass is 231 g/mol. The molecule has 0 aromatic heterocycles. The fraction of sp³-hybridized carbons (Fsp3) is 0.917. The molecule has 0 aliphatic carbocycles. The molecule has 0 aliphatic rings. The van der Waals surface area contributed by atoms with Gasteiger partial charge in [0, 0.05) is 6.54 Å². The minimum absolute atomic E-state index is 0.0962. The molecule has 0 unspecified atom stereocenters. The maximum atomic E-state index is 11.3. The zero-order valence-corrected chi connectivity index (χ0v) is 11.3. The first kappa shape index (κ1) is 15.4. The summed E-state index contributed by atoms with van der Waals surface area (Å²) in [6.45, 7) is 12.8. The van der Waals surface area contributed by atoms with Crippen LogP contribution in [0.5, 0.6) is 0 Å². The van der Waals surface area contributed by atoms with Crippen LogP contribution < -0.4 is 5.32 Å². The lowest BCUT2D eigenvalue weighted by molar-refractivity contribution is -0.131. The number of carbonyl (C=O) groups excluding carboxylic acids is 1. The Morgan fingerprint density at radius 2 is 1.50 bits per heavy atom. The zero-order valence-electron chi connectivity index (χ0n) is 11.3. The zero-order chi connectivity index (χ0) is 12.8. The first-order valence-electron chi connectivity index (χ1n) is 5.65. The lowest BCUT2D eigenvalue weighted by Gasteiger charge is -2.20. The normalized spacial score (nSPS) is 12.6. The van der Waals surface area contributed by atoms with E-state index in [-0.39, 0.29) is 23.7 Å². The largest absolute Gasteiger partial charge is 0.374 e. The summed E-state index contributed by atoms with van der Waals surface area (Å²) in [6.07, 6.45) is 0. The second-order valence-electron chi connectivity index (χ2n) is 5.71. The van der Waals surface area contributed by atoms with Crippen molar-refractivity contribution in [1.29, 1.82) is 0 Å². The molecule has 4 nitrogen and oxygen atoms in total. The van der Waals surface area contributed by atoms with E-state index in [9.17, 15) is 4.79 Å². The van der Waals surface area contributed by atoms with Crippen molar-refractivity contribution in [2.45, 2.75) is 52.7 Å². The smallest absolute Gasteiger partial charge is 0.246 e. The molecule has 0 rings (SSSR count). The molecule has 96 valence electrons. The van der Waals surface area contributed by atoms with Gasteiger partial charge in [0.2, 0.25) is 5.91 Å². The van der Waals surface area contributed by atoms with Crippen LogP contribution >= 0.6 is 0 Å². The van der Waals surface area contributed by atoms with Gasteiger partial charge in [0.25, 0.3) is 0 Å². The van der Waals surface area contributed by atoms with Gasteiger partial charge in [0.05, 0.1) is 17.8 Å². The van der Waals surface area contributed by atoms with E-state index in [4.69, 9.17) is 9.47 Å². The number of ether oxygens (including phenoxy) is 2. The quantitative estimate of drug-likeness (QED) is 0.733. The first-order chi connectivity index (χ1) is 7.10. The van der Waals surface area contributed by atoms with Crippen molar-refractivity contribution < 1.29 is 14.3 Å². The van der Waals surface area contributed by atoms with Crippen LogP contribution in [0.15, 0.2) is 0 Å². The van der Waals surface area contributed by atoms with Gasteiger partial charge in [-0.1, -0.05) is 0 Å².